The van der Waals surface area contributed by atoms with Crippen molar-refractivity contribution in [2.45, 2.75) is 116 Å². The molecule has 4 aromatic carbocycles. The number of carboxylic acids is 1. The number of aromatic carboxylic acids is 1. The molecule has 444 valence electrons. The summed E-state index contributed by atoms with van der Waals surface area (Å²) in [5.41, 5.74) is 8.32. The van der Waals surface area contributed by atoms with E-state index in [1.54, 1.807) is 11.3 Å². The van der Waals surface area contributed by atoms with Gasteiger partial charge >= 0.3 is 5.97 Å². The van der Waals surface area contributed by atoms with Crippen molar-refractivity contribution in [2.24, 2.45) is 5.41 Å². The molecule has 18 nitrogen and oxygen atoms in total. The summed E-state index contributed by atoms with van der Waals surface area (Å²) in [5, 5.41) is 30.9. The van der Waals surface area contributed by atoms with Gasteiger partial charge < -0.3 is 40.1 Å². The smallest absolute Gasteiger partial charge is 0.355 e. The number of hydrogen-bond donors (Lipinski definition) is 5. The van der Waals surface area contributed by atoms with Gasteiger partial charge in [0.2, 0.25) is 17.7 Å². The van der Waals surface area contributed by atoms with Crippen molar-refractivity contribution in [1.82, 2.24) is 35.4 Å². The van der Waals surface area contributed by atoms with Gasteiger partial charge in [-0.15, -0.1) is 22.7 Å². The monoisotopic (exact) mass is 1210 g/mol. The van der Waals surface area contributed by atoms with Crippen LogP contribution >= 0.6 is 34.0 Å². The second-order valence-electron chi connectivity index (χ2n) is 22.9. The summed E-state index contributed by atoms with van der Waals surface area (Å²) in [6.07, 6.45) is 2.62. The topological polar surface area (TPSA) is 229 Å². The molecule has 4 atom stereocenters. The number of benzene rings is 4. The van der Waals surface area contributed by atoms with Crippen LogP contribution in [0.15, 0.2) is 96.5 Å². The lowest BCUT2D eigenvalue weighted by molar-refractivity contribution is -0.144. The molecule has 85 heavy (non-hydrogen) atoms. The first-order valence-corrected chi connectivity index (χ1v) is 31.4. The Balaban J connectivity index is 0.625. The highest BCUT2D eigenvalue weighted by Gasteiger charge is 2.45. The first-order valence-electron chi connectivity index (χ1n) is 28.8. The number of amides is 4. The number of thiazole rings is 3. The highest BCUT2D eigenvalue weighted by Crippen LogP contribution is 2.35. The fourth-order valence-corrected chi connectivity index (χ4v) is 13.8. The summed E-state index contributed by atoms with van der Waals surface area (Å²) < 4.78 is 13.2. The van der Waals surface area contributed by atoms with Crippen LogP contribution < -0.4 is 25.6 Å². The molecular weight excluding hydrogens is 1130 g/mol. The average molecular weight is 1210 g/mol. The third-order valence-corrected chi connectivity index (χ3v) is 18.8. The number of aliphatic hydroxyl groups excluding tert-OH is 1. The molecular formula is C64H71N9O9S3. The van der Waals surface area contributed by atoms with E-state index in [1.165, 1.54) is 27.6 Å². The van der Waals surface area contributed by atoms with Gasteiger partial charge in [-0.3, -0.25) is 29.4 Å². The summed E-state index contributed by atoms with van der Waals surface area (Å²) in [7, 11) is 0. The Morgan fingerprint density at radius 3 is 2.40 bits per heavy atom. The van der Waals surface area contributed by atoms with Crippen LogP contribution in [-0.2, 0) is 38.5 Å². The van der Waals surface area contributed by atoms with Crippen LogP contribution in [0.2, 0.25) is 0 Å². The number of ether oxygens (including phenoxy) is 2. The Bertz CT molecular complexity index is 3560. The van der Waals surface area contributed by atoms with Gasteiger partial charge in [-0.2, -0.15) is 0 Å². The standard InChI is InChI=1S/C64H71N9O9S3/c1-39(42-19-21-44(22-20-42)56-40(2)65-38-83-56)66-59(77)51-35-45(74)36-73(51)60(78)57(64(3,4)5)68-54(75)28-34-82-47-26-30-71(31-27-47)29-9-11-41-17-23-46(24-18-41)81-33-10-16-53-55(61(79)80)69-63(85-53)72-32-25-43-12-8-13-48(49(43)37-72)58(76)70-62-67-50-14-6-7-15-52(50)84-62/h6-8,12-15,17-24,38-39,45,47,51,57,74H,10,16,25-37H2,1-5H3,(H,66,77)(H,68,75)(H,79,80)(H,67,70,76)/t39-,45+,51-,57+/m0/s1. The van der Waals surface area contributed by atoms with Gasteiger partial charge in [0.1, 0.15) is 17.8 Å². The van der Waals surface area contributed by atoms with E-state index >= 15 is 0 Å². The van der Waals surface area contributed by atoms with Crippen molar-refractivity contribution in [3.05, 3.63) is 141 Å². The number of piperidine rings is 1. The molecule has 0 saturated carbocycles. The van der Waals surface area contributed by atoms with E-state index in [9.17, 15) is 34.2 Å². The van der Waals surface area contributed by atoms with Gasteiger partial charge in [0, 0.05) is 61.6 Å². The fraction of sp³-hybridized carbons (Fsp3) is 0.406. The van der Waals surface area contributed by atoms with Crippen LogP contribution in [0.5, 0.6) is 5.75 Å². The maximum absolute atomic E-state index is 14.2. The molecule has 0 spiro atoms. The number of rotatable bonds is 20. The van der Waals surface area contributed by atoms with Crippen LogP contribution in [0.25, 0.3) is 20.7 Å². The molecule has 10 rings (SSSR count). The number of nitrogens with one attached hydrogen (secondary N) is 3. The van der Waals surface area contributed by atoms with Crippen molar-refractivity contribution in [2.75, 3.05) is 56.2 Å². The molecule has 3 aromatic heterocycles. The second-order valence-corrected chi connectivity index (χ2v) is 25.8. The fourth-order valence-electron chi connectivity index (χ4n) is 11.0. The third kappa shape index (κ3) is 15.1. The van der Waals surface area contributed by atoms with E-state index in [0.717, 1.165) is 74.5 Å². The predicted octanol–water partition coefficient (Wildman–Crippen LogP) is 9.30. The number of fused-ring (bicyclic) bond motifs is 2. The number of carbonyl (C=O) groups excluding carboxylic acids is 4. The van der Waals surface area contributed by atoms with Crippen molar-refractivity contribution >= 4 is 84.1 Å². The molecule has 0 radical (unpaired) electrons. The summed E-state index contributed by atoms with van der Waals surface area (Å²) in [6.45, 7) is 13.3. The Hall–Kier alpha value is -7.58. The number of likely N-dealkylation sites (tertiary alicyclic amines) is 2. The van der Waals surface area contributed by atoms with E-state index in [-0.39, 0.29) is 61.6 Å². The number of aryl methyl sites for hydroxylation is 2. The minimum Gasteiger partial charge on any atom is -0.494 e. The van der Waals surface area contributed by atoms with Gasteiger partial charge in [-0.1, -0.05) is 92.5 Å². The highest BCUT2D eigenvalue weighted by atomic mass is 32.1. The van der Waals surface area contributed by atoms with Gasteiger partial charge in [0.05, 0.1) is 64.3 Å². The van der Waals surface area contributed by atoms with Crippen molar-refractivity contribution in [3.63, 3.8) is 0 Å². The van der Waals surface area contributed by atoms with Gasteiger partial charge in [0.25, 0.3) is 5.91 Å². The molecule has 0 unspecified atom stereocenters. The molecule has 3 aliphatic rings. The highest BCUT2D eigenvalue weighted by molar-refractivity contribution is 7.22. The summed E-state index contributed by atoms with van der Waals surface area (Å²) in [4.78, 5) is 88.3. The van der Waals surface area contributed by atoms with Gasteiger partial charge in [-0.25, -0.2) is 19.7 Å². The molecule has 3 aliphatic heterocycles. The van der Waals surface area contributed by atoms with Crippen LogP contribution in [0.4, 0.5) is 10.3 Å². The molecule has 2 fully saturated rings. The summed E-state index contributed by atoms with van der Waals surface area (Å²) in [5.74, 6) is 4.82. The number of aliphatic hydroxyl groups is 1. The maximum atomic E-state index is 14.2. The van der Waals surface area contributed by atoms with E-state index in [2.05, 4.69) is 52.5 Å². The van der Waals surface area contributed by atoms with E-state index in [0.29, 0.717) is 72.0 Å². The molecule has 5 N–H and O–H groups in total. The third-order valence-electron chi connectivity index (χ3n) is 15.7. The number of carbonyl (C=O) groups is 5. The first kappa shape index (κ1) is 60.5. The van der Waals surface area contributed by atoms with Crippen molar-refractivity contribution in [1.29, 1.82) is 0 Å². The minimum atomic E-state index is -1.08. The van der Waals surface area contributed by atoms with Gasteiger partial charge in [-0.05, 0) is 116 Å². The zero-order valence-corrected chi connectivity index (χ0v) is 50.8. The summed E-state index contributed by atoms with van der Waals surface area (Å²) in [6, 6.07) is 26.9. The molecule has 4 amide bonds. The Labute approximate surface area is 507 Å². The van der Waals surface area contributed by atoms with Crippen molar-refractivity contribution < 1.29 is 43.7 Å². The van der Waals surface area contributed by atoms with Crippen molar-refractivity contribution in [3.8, 4) is 28.0 Å². The van der Waals surface area contributed by atoms with Crippen LogP contribution in [0, 0.1) is 24.2 Å². The molecule has 21 heteroatoms. The van der Waals surface area contributed by atoms with E-state index < -0.39 is 35.5 Å². The van der Waals surface area contributed by atoms with Gasteiger partial charge in [0.15, 0.2) is 16.0 Å². The Morgan fingerprint density at radius 1 is 0.894 bits per heavy atom. The molecule has 0 aliphatic carbocycles. The zero-order valence-electron chi connectivity index (χ0n) is 48.4. The Morgan fingerprint density at radius 2 is 1.67 bits per heavy atom. The SMILES string of the molecule is Cc1ncsc1-c1ccc([C@H](C)NC(=O)[C@@H]2C[C@@H](O)CN2C(=O)[C@@H](NC(=O)CCOC2CCN(CC#Cc3ccc(OCCCc4sc(N5CCc6cccc(C(=O)Nc7nc8ccccc8s7)c6C5)nc4C(=O)O)cc3)CC2)C(C)(C)C)cc1. The number of para-hydroxylation sites is 1. The number of aromatic nitrogens is 3. The number of β-amino-alcohol motifs (C(OH)–C–C–N with tert-alkyl or cyclic N) is 1. The number of hydrogen-bond acceptors (Lipinski definition) is 16. The molecule has 7 aromatic rings. The lowest BCUT2D eigenvalue weighted by atomic mass is 9.85. The molecule has 2 saturated heterocycles. The second kappa shape index (κ2) is 27.2. The predicted molar refractivity (Wildman–Crippen MR) is 331 cm³/mol. The normalized spacial score (nSPS) is 17.2. The lowest BCUT2D eigenvalue weighted by Gasteiger charge is -2.35. The largest absolute Gasteiger partial charge is 0.494 e. The van der Waals surface area contributed by atoms with Crippen LogP contribution in [0.1, 0.15) is 120 Å². The van der Waals surface area contributed by atoms with E-state index in [1.807, 2.05) is 131 Å². The zero-order chi connectivity index (χ0) is 59.8. The number of nitrogens with zero attached hydrogens (tertiary/aromatic N) is 6. The quantitative estimate of drug-likeness (QED) is 0.0354. The number of anilines is 2. The average Bonchev–Trinajstić information content (AvgIpc) is 3.93. The lowest BCUT2D eigenvalue weighted by Crippen LogP contribution is -2.58. The van der Waals surface area contributed by atoms with E-state index in [4.69, 9.17) is 9.47 Å². The first-order chi connectivity index (χ1) is 40.9. The Kier molecular flexibility index (Phi) is 19.4. The summed E-state index contributed by atoms with van der Waals surface area (Å²) >= 11 is 4.37. The maximum Gasteiger partial charge on any atom is 0.355 e. The molecule has 6 heterocycles. The van der Waals surface area contributed by atoms with Crippen LogP contribution in [-0.4, -0.2) is 135 Å². The minimum absolute atomic E-state index is 0.00793. The number of carboxylic acid groups (broad SMARTS) is 1. The molecule has 0 bridgehead atoms. The van der Waals surface area contributed by atoms with Crippen LogP contribution in [0.3, 0.4) is 0 Å².